The van der Waals surface area contributed by atoms with Crippen molar-refractivity contribution in [2.75, 3.05) is 0 Å². The fourth-order valence-electron chi connectivity index (χ4n) is 1.55. The standard InChI is InChI=1S/C10H17F2NO2/c1-9(2,3)15-8(14)13-7-4-5-10(11,12)6-7/h7H,4-6H2,1-3H3,(H,13,14)/t7-/m1/s1. The number of rotatable bonds is 1. The van der Waals surface area contributed by atoms with Crippen molar-refractivity contribution < 1.29 is 18.3 Å². The van der Waals surface area contributed by atoms with Gasteiger partial charge in [0.05, 0.1) is 0 Å². The average Bonchev–Trinajstić information content (AvgIpc) is 2.25. The number of alkyl carbamates (subject to hydrolysis) is 1. The molecule has 0 aromatic carbocycles. The number of hydrogen-bond donors (Lipinski definition) is 1. The molecule has 0 bridgehead atoms. The van der Waals surface area contributed by atoms with Gasteiger partial charge in [-0.05, 0) is 27.2 Å². The van der Waals surface area contributed by atoms with Gasteiger partial charge in [-0.1, -0.05) is 0 Å². The van der Waals surface area contributed by atoms with Gasteiger partial charge in [-0.3, -0.25) is 0 Å². The Labute approximate surface area is 88.2 Å². The molecular formula is C10H17F2NO2. The van der Waals surface area contributed by atoms with Crippen LogP contribution < -0.4 is 5.32 Å². The van der Waals surface area contributed by atoms with Crippen molar-refractivity contribution in [1.29, 1.82) is 0 Å². The van der Waals surface area contributed by atoms with E-state index in [2.05, 4.69) is 5.32 Å². The number of ether oxygens (including phenoxy) is 1. The van der Waals surface area contributed by atoms with Crippen molar-refractivity contribution >= 4 is 6.09 Å². The second kappa shape index (κ2) is 3.94. The lowest BCUT2D eigenvalue weighted by molar-refractivity contribution is 0.00614. The molecule has 88 valence electrons. The molecule has 1 fully saturated rings. The Balaban J connectivity index is 2.34. The average molecular weight is 221 g/mol. The van der Waals surface area contributed by atoms with Crippen molar-refractivity contribution in [3.8, 4) is 0 Å². The Bertz CT molecular complexity index is 248. The topological polar surface area (TPSA) is 38.3 Å². The fraction of sp³-hybridized carbons (Fsp3) is 0.900. The van der Waals surface area contributed by atoms with Crippen LogP contribution in [0.2, 0.25) is 0 Å². The van der Waals surface area contributed by atoms with E-state index in [4.69, 9.17) is 4.74 Å². The molecule has 0 unspecified atom stereocenters. The number of carbonyl (C=O) groups is 1. The molecule has 0 radical (unpaired) electrons. The first-order chi connectivity index (χ1) is 6.68. The Kier molecular flexibility index (Phi) is 3.21. The first-order valence-electron chi connectivity index (χ1n) is 5.05. The van der Waals surface area contributed by atoms with E-state index in [1.807, 2.05) is 0 Å². The lowest BCUT2D eigenvalue weighted by Crippen LogP contribution is -2.38. The van der Waals surface area contributed by atoms with Crippen LogP contribution in [0.1, 0.15) is 40.0 Å². The normalized spacial score (nSPS) is 25.0. The Morgan fingerprint density at radius 3 is 2.47 bits per heavy atom. The second-order valence-corrected chi connectivity index (χ2v) is 4.94. The molecule has 1 atom stereocenters. The van der Waals surface area contributed by atoms with Gasteiger partial charge in [0.1, 0.15) is 5.60 Å². The van der Waals surface area contributed by atoms with E-state index in [1.165, 1.54) is 0 Å². The van der Waals surface area contributed by atoms with Crippen LogP contribution in [0.5, 0.6) is 0 Å². The molecule has 0 aromatic rings. The zero-order chi connectivity index (χ0) is 11.7. The molecule has 0 aromatic heterocycles. The van der Waals surface area contributed by atoms with E-state index in [-0.39, 0.29) is 12.8 Å². The van der Waals surface area contributed by atoms with Gasteiger partial charge in [0.2, 0.25) is 5.92 Å². The molecule has 5 heteroatoms. The number of carbonyl (C=O) groups excluding carboxylic acids is 1. The van der Waals surface area contributed by atoms with E-state index in [9.17, 15) is 13.6 Å². The molecule has 1 amide bonds. The largest absolute Gasteiger partial charge is 0.444 e. The highest BCUT2D eigenvalue weighted by Gasteiger charge is 2.40. The van der Waals surface area contributed by atoms with Crippen LogP contribution >= 0.6 is 0 Å². The molecule has 1 rings (SSSR count). The van der Waals surface area contributed by atoms with Gasteiger partial charge in [0.25, 0.3) is 0 Å². The summed E-state index contributed by atoms with van der Waals surface area (Å²) in [6.45, 7) is 5.20. The Morgan fingerprint density at radius 1 is 1.47 bits per heavy atom. The first-order valence-corrected chi connectivity index (χ1v) is 5.05. The molecule has 1 N–H and O–H groups in total. The smallest absolute Gasteiger partial charge is 0.407 e. The maximum absolute atomic E-state index is 12.8. The molecule has 0 heterocycles. The summed E-state index contributed by atoms with van der Waals surface area (Å²) in [6, 6.07) is -0.463. The van der Waals surface area contributed by atoms with Gasteiger partial charge >= 0.3 is 6.09 Å². The number of amides is 1. The van der Waals surface area contributed by atoms with Gasteiger partial charge in [-0.25, -0.2) is 13.6 Å². The molecular weight excluding hydrogens is 204 g/mol. The lowest BCUT2D eigenvalue weighted by Gasteiger charge is -2.21. The summed E-state index contributed by atoms with van der Waals surface area (Å²) in [5.41, 5.74) is -0.592. The van der Waals surface area contributed by atoms with Crippen LogP contribution in [0.3, 0.4) is 0 Å². The molecule has 0 saturated heterocycles. The monoisotopic (exact) mass is 221 g/mol. The molecule has 1 aliphatic rings. The highest BCUT2D eigenvalue weighted by atomic mass is 19.3. The van der Waals surface area contributed by atoms with Gasteiger partial charge in [0.15, 0.2) is 0 Å². The predicted octanol–water partition coefficient (Wildman–Crippen LogP) is 2.70. The Hall–Kier alpha value is -0.870. The van der Waals surface area contributed by atoms with E-state index < -0.39 is 23.7 Å². The number of alkyl halides is 2. The first kappa shape index (κ1) is 12.2. The number of nitrogens with one attached hydrogen (secondary N) is 1. The maximum Gasteiger partial charge on any atom is 0.407 e. The minimum atomic E-state index is -2.64. The van der Waals surface area contributed by atoms with Crippen molar-refractivity contribution in [2.24, 2.45) is 0 Å². The molecule has 3 nitrogen and oxygen atoms in total. The number of hydrogen-bond acceptors (Lipinski definition) is 2. The van der Waals surface area contributed by atoms with Gasteiger partial charge in [-0.15, -0.1) is 0 Å². The van der Waals surface area contributed by atoms with Crippen LogP contribution in [0.15, 0.2) is 0 Å². The lowest BCUT2D eigenvalue weighted by atomic mass is 10.2. The Morgan fingerprint density at radius 2 is 2.07 bits per heavy atom. The summed E-state index contributed by atoms with van der Waals surface area (Å²) in [6.07, 6.45) is -0.753. The highest BCUT2D eigenvalue weighted by molar-refractivity contribution is 5.68. The number of halogens is 2. The summed E-state index contributed by atoms with van der Waals surface area (Å²) in [5, 5.41) is 2.45. The molecule has 0 spiro atoms. The third kappa shape index (κ3) is 4.44. The highest BCUT2D eigenvalue weighted by Crippen LogP contribution is 2.34. The molecule has 1 aliphatic carbocycles. The van der Waals surface area contributed by atoms with E-state index in [0.717, 1.165) is 0 Å². The molecule has 1 saturated carbocycles. The fourth-order valence-corrected chi connectivity index (χ4v) is 1.55. The van der Waals surface area contributed by atoms with Crippen LogP contribution in [0.25, 0.3) is 0 Å². The minimum Gasteiger partial charge on any atom is -0.444 e. The second-order valence-electron chi connectivity index (χ2n) is 4.94. The summed E-state index contributed by atoms with van der Waals surface area (Å²) in [7, 11) is 0. The van der Waals surface area contributed by atoms with Gasteiger partial charge in [0, 0.05) is 18.9 Å². The van der Waals surface area contributed by atoms with Crippen molar-refractivity contribution in [3.63, 3.8) is 0 Å². The maximum atomic E-state index is 12.8. The molecule has 0 aliphatic heterocycles. The summed E-state index contributed by atoms with van der Waals surface area (Å²) < 4.78 is 30.6. The summed E-state index contributed by atoms with van der Waals surface area (Å²) in [5.74, 6) is -2.64. The third-order valence-electron chi connectivity index (χ3n) is 2.12. The van der Waals surface area contributed by atoms with Gasteiger partial charge in [-0.2, -0.15) is 0 Å². The van der Waals surface area contributed by atoms with Crippen LogP contribution in [-0.4, -0.2) is 23.7 Å². The SMILES string of the molecule is CC(C)(C)OC(=O)N[C@@H]1CCC(F)(F)C1. The summed E-state index contributed by atoms with van der Waals surface area (Å²) >= 11 is 0. The van der Waals surface area contributed by atoms with E-state index >= 15 is 0 Å². The zero-order valence-corrected chi connectivity index (χ0v) is 9.27. The summed E-state index contributed by atoms with van der Waals surface area (Å²) in [4.78, 5) is 11.2. The minimum absolute atomic E-state index is 0.159. The van der Waals surface area contributed by atoms with Crippen LogP contribution in [-0.2, 0) is 4.74 Å². The zero-order valence-electron chi connectivity index (χ0n) is 9.27. The quantitative estimate of drug-likeness (QED) is 0.739. The van der Waals surface area contributed by atoms with Crippen LogP contribution in [0, 0.1) is 0 Å². The van der Waals surface area contributed by atoms with E-state index in [0.29, 0.717) is 6.42 Å². The van der Waals surface area contributed by atoms with Crippen molar-refractivity contribution in [3.05, 3.63) is 0 Å². The van der Waals surface area contributed by atoms with Crippen LogP contribution in [0.4, 0.5) is 13.6 Å². The van der Waals surface area contributed by atoms with Gasteiger partial charge < -0.3 is 10.1 Å². The third-order valence-corrected chi connectivity index (χ3v) is 2.12. The van der Waals surface area contributed by atoms with Crippen molar-refractivity contribution in [2.45, 2.75) is 57.6 Å². The predicted molar refractivity (Wildman–Crippen MR) is 52.0 cm³/mol. The van der Waals surface area contributed by atoms with Crippen molar-refractivity contribution in [1.82, 2.24) is 5.32 Å². The molecule has 15 heavy (non-hydrogen) atoms. The van der Waals surface area contributed by atoms with E-state index in [1.54, 1.807) is 20.8 Å².